The first kappa shape index (κ1) is 24.8. The van der Waals surface area contributed by atoms with Gasteiger partial charge < -0.3 is 5.73 Å². The van der Waals surface area contributed by atoms with Crippen molar-refractivity contribution in [2.45, 2.75) is 24.4 Å². The molecule has 0 radical (unpaired) electrons. The predicted octanol–water partition coefficient (Wildman–Crippen LogP) is 6.24. The molecule has 0 heterocycles. The lowest BCUT2D eigenvalue weighted by Crippen LogP contribution is -2.38. The van der Waals surface area contributed by atoms with Crippen molar-refractivity contribution in [3.05, 3.63) is 70.8 Å². The van der Waals surface area contributed by atoms with Crippen molar-refractivity contribution in [1.82, 2.24) is 4.90 Å². The Labute approximate surface area is 180 Å². The van der Waals surface area contributed by atoms with Crippen molar-refractivity contribution in [3.63, 3.8) is 0 Å². The first-order valence-electron chi connectivity index (χ1n) is 8.95. The maximum atomic E-state index is 12.9. The number of alkyl halides is 8. The standard InChI is InChI=1S/C20H20Cl2F6N2/c21-9-11-30(12-10-22)18(14-3-7-16(8-4-14)20(26,27)28)17(29)13-1-5-15(6-2-13)19(23,24)25/h1-8,17-18H,9-12,29H2/t17-,18-/m0/s1. The van der Waals surface area contributed by atoms with E-state index in [1.54, 1.807) is 0 Å². The third-order valence-corrected chi connectivity index (χ3v) is 5.02. The minimum atomic E-state index is -4.49. The molecule has 0 saturated carbocycles. The van der Waals surface area contributed by atoms with Crippen LogP contribution in [0.1, 0.15) is 34.3 Å². The summed E-state index contributed by atoms with van der Waals surface area (Å²) in [7, 11) is 0. The van der Waals surface area contributed by atoms with Gasteiger partial charge in [-0.3, -0.25) is 4.90 Å². The molecule has 2 nitrogen and oxygen atoms in total. The molecule has 0 fully saturated rings. The summed E-state index contributed by atoms with van der Waals surface area (Å²) < 4.78 is 77.3. The fourth-order valence-corrected chi connectivity index (χ4v) is 3.63. The molecule has 0 saturated heterocycles. The predicted molar refractivity (Wildman–Crippen MR) is 106 cm³/mol. The second-order valence-corrected chi connectivity index (χ2v) is 7.38. The molecule has 30 heavy (non-hydrogen) atoms. The smallest absolute Gasteiger partial charge is 0.322 e. The highest BCUT2D eigenvalue weighted by molar-refractivity contribution is 6.18. The third kappa shape index (κ3) is 6.26. The van der Waals surface area contributed by atoms with Gasteiger partial charge in [0.1, 0.15) is 0 Å². The third-order valence-electron chi connectivity index (χ3n) is 4.68. The molecule has 2 atom stereocenters. The van der Waals surface area contributed by atoms with Crippen LogP contribution in [0.4, 0.5) is 26.3 Å². The van der Waals surface area contributed by atoms with E-state index in [0.29, 0.717) is 24.2 Å². The molecule has 0 spiro atoms. The molecule has 2 rings (SSSR count). The molecular weight excluding hydrogens is 453 g/mol. The minimum Gasteiger partial charge on any atom is -0.322 e. The zero-order valence-corrected chi connectivity index (χ0v) is 17.2. The van der Waals surface area contributed by atoms with Gasteiger partial charge in [0.2, 0.25) is 0 Å². The molecule has 166 valence electrons. The van der Waals surface area contributed by atoms with E-state index in [2.05, 4.69) is 0 Å². The van der Waals surface area contributed by atoms with Crippen LogP contribution in [0, 0.1) is 0 Å². The minimum absolute atomic E-state index is 0.216. The molecule has 10 heteroatoms. The molecule has 0 amide bonds. The average molecular weight is 473 g/mol. The Morgan fingerprint density at radius 3 is 1.40 bits per heavy atom. The number of nitrogens with zero attached hydrogens (tertiary/aromatic N) is 1. The van der Waals surface area contributed by atoms with Crippen LogP contribution >= 0.6 is 23.2 Å². The summed E-state index contributed by atoms with van der Waals surface area (Å²) in [4.78, 5) is 1.81. The van der Waals surface area contributed by atoms with Crippen molar-refractivity contribution < 1.29 is 26.3 Å². The van der Waals surface area contributed by atoms with Gasteiger partial charge in [-0.05, 0) is 35.4 Å². The van der Waals surface area contributed by atoms with Crippen LogP contribution < -0.4 is 5.73 Å². The second kappa shape index (κ2) is 10.2. The SMILES string of the molecule is N[C@@H](c1ccc(C(F)(F)F)cc1)[C@H](c1ccc(C(F)(F)F)cc1)N(CCCl)CCCl. The fraction of sp³-hybridized carbons (Fsp3) is 0.400. The number of hydrogen-bond acceptors (Lipinski definition) is 2. The number of halogens is 8. The zero-order valence-electron chi connectivity index (χ0n) is 15.7. The van der Waals surface area contributed by atoms with E-state index >= 15 is 0 Å². The maximum absolute atomic E-state index is 12.9. The summed E-state index contributed by atoms with van der Waals surface area (Å²) in [6.45, 7) is 0.683. The topological polar surface area (TPSA) is 29.3 Å². The lowest BCUT2D eigenvalue weighted by molar-refractivity contribution is -0.138. The largest absolute Gasteiger partial charge is 0.416 e. The van der Waals surface area contributed by atoms with Gasteiger partial charge in [-0.1, -0.05) is 24.3 Å². The summed E-state index contributed by atoms with van der Waals surface area (Å²) in [6.07, 6.45) is -8.98. The fourth-order valence-electron chi connectivity index (χ4n) is 3.20. The molecule has 2 aromatic rings. The van der Waals surface area contributed by atoms with Crippen LogP contribution in [-0.4, -0.2) is 29.7 Å². The van der Waals surface area contributed by atoms with Crippen molar-refractivity contribution in [3.8, 4) is 0 Å². The van der Waals surface area contributed by atoms with Gasteiger partial charge in [0.25, 0.3) is 0 Å². The quantitative estimate of drug-likeness (QED) is 0.363. The number of nitrogens with two attached hydrogens (primary N) is 1. The highest BCUT2D eigenvalue weighted by Gasteiger charge is 2.33. The normalized spacial score (nSPS) is 14.7. The molecule has 0 aromatic heterocycles. The Bertz CT molecular complexity index is 785. The molecule has 2 N–H and O–H groups in total. The molecule has 0 bridgehead atoms. The summed E-state index contributed by atoms with van der Waals surface area (Å²) >= 11 is 11.7. The van der Waals surface area contributed by atoms with Gasteiger partial charge in [-0.2, -0.15) is 26.3 Å². The van der Waals surface area contributed by atoms with E-state index < -0.39 is 35.6 Å². The Balaban J connectivity index is 2.44. The highest BCUT2D eigenvalue weighted by atomic mass is 35.5. The summed E-state index contributed by atoms with van der Waals surface area (Å²) in [6, 6.07) is 7.44. The van der Waals surface area contributed by atoms with E-state index in [1.807, 2.05) is 4.90 Å². The van der Waals surface area contributed by atoms with E-state index in [0.717, 1.165) is 24.3 Å². The maximum Gasteiger partial charge on any atom is 0.416 e. The summed E-state index contributed by atoms with van der Waals surface area (Å²) in [5.74, 6) is 0.432. The summed E-state index contributed by atoms with van der Waals surface area (Å²) in [5, 5.41) is 0. The zero-order chi connectivity index (χ0) is 22.5. The van der Waals surface area contributed by atoms with Crippen LogP contribution in [0.2, 0.25) is 0 Å². The van der Waals surface area contributed by atoms with Crippen molar-refractivity contribution in [2.24, 2.45) is 5.73 Å². The first-order valence-corrected chi connectivity index (χ1v) is 10.0. The van der Waals surface area contributed by atoms with Gasteiger partial charge in [0.05, 0.1) is 17.2 Å². The van der Waals surface area contributed by atoms with Crippen molar-refractivity contribution in [2.75, 3.05) is 24.8 Å². The van der Waals surface area contributed by atoms with Crippen LogP contribution in [0.3, 0.4) is 0 Å². The lowest BCUT2D eigenvalue weighted by Gasteiger charge is -2.35. The Hall–Kier alpha value is -1.48. The van der Waals surface area contributed by atoms with Crippen LogP contribution in [0.25, 0.3) is 0 Å². The van der Waals surface area contributed by atoms with Gasteiger partial charge in [-0.15, -0.1) is 23.2 Å². The molecule has 0 aliphatic heterocycles. The molecule has 2 aromatic carbocycles. The first-order chi connectivity index (χ1) is 14.0. The molecule has 0 aliphatic carbocycles. The number of hydrogen-bond donors (Lipinski definition) is 1. The van der Waals surface area contributed by atoms with Crippen LogP contribution in [-0.2, 0) is 12.4 Å². The van der Waals surface area contributed by atoms with Gasteiger partial charge in [0, 0.05) is 30.9 Å². The van der Waals surface area contributed by atoms with Crippen molar-refractivity contribution >= 4 is 23.2 Å². The Kier molecular flexibility index (Phi) is 8.44. The van der Waals surface area contributed by atoms with Gasteiger partial charge in [-0.25, -0.2) is 0 Å². The number of benzene rings is 2. The monoisotopic (exact) mass is 472 g/mol. The summed E-state index contributed by atoms with van der Waals surface area (Å²) in [5.41, 5.74) is 5.64. The van der Waals surface area contributed by atoms with E-state index in [4.69, 9.17) is 28.9 Å². The Morgan fingerprint density at radius 2 is 1.07 bits per heavy atom. The average Bonchev–Trinajstić information content (AvgIpc) is 2.67. The van der Waals surface area contributed by atoms with E-state index in [-0.39, 0.29) is 11.8 Å². The Morgan fingerprint density at radius 1 is 0.700 bits per heavy atom. The second-order valence-electron chi connectivity index (χ2n) is 6.62. The lowest BCUT2D eigenvalue weighted by atomic mass is 9.91. The highest BCUT2D eigenvalue weighted by Crippen LogP contribution is 2.36. The number of rotatable bonds is 8. The van der Waals surface area contributed by atoms with Crippen LogP contribution in [0.5, 0.6) is 0 Å². The molecular formula is C20H20Cl2F6N2. The van der Waals surface area contributed by atoms with Crippen LogP contribution in [0.15, 0.2) is 48.5 Å². The van der Waals surface area contributed by atoms with E-state index in [1.165, 1.54) is 24.3 Å². The van der Waals surface area contributed by atoms with Gasteiger partial charge >= 0.3 is 12.4 Å². The van der Waals surface area contributed by atoms with E-state index in [9.17, 15) is 26.3 Å². The van der Waals surface area contributed by atoms with Crippen molar-refractivity contribution in [1.29, 1.82) is 0 Å². The molecule has 0 aliphatic rings. The van der Waals surface area contributed by atoms with Gasteiger partial charge in [0.15, 0.2) is 0 Å². The molecule has 0 unspecified atom stereocenters.